The van der Waals surface area contributed by atoms with E-state index in [-0.39, 0.29) is 0 Å². The van der Waals surface area contributed by atoms with Gasteiger partial charge in [-0.3, -0.25) is 0 Å². The smallest absolute Gasteiger partial charge is 0.0654 e. The van der Waals surface area contributed by atoms with Gasteiger partial charge in [0.25, 0.3) is 0 Å². The quantitative estimate of drug-likeness (QED) is 0.513. The van der Waals surface area contributed by atoms with Crippen molar-refractivity contribution in [3.63, 3.8) is 0 Å². The molecule has 0 heterocycles. The van der Waals surface area contributed by atoms with Crippen LogP contribution in [0.5, 0.6) is 0 Å². The van der Waals surface area contributed by atoms with Crippen LogP contribution in [0.15, 0.2) is 47.8 Å². The average Bonchev–Trinajstić information content (AvgIpc) is 2.25. The van der Waals surface area contributed by atoms with Crippen molar-refractivity contribution in [1.82, 2.24) is 0 Å². The van der Waals surface area contributed by atoms with Crippen LogP contribution in [0, 0.1) is 0 Å². The molecule has 0 aliphatic heterocycles. The maximum Gasteiger partial charge on any atom is 0.0654 e. The van der Waals surface area contributed by atoms with E-state index in [9.17, 15) is 0 Å². The molecule has 1 aliphatic carbocycles. The molecule has 0 saturated heterocycles. The van der Waals surface area contributed by atoms with E-state index in [1.165, 1.54) is 0 Å². The molecule has 0 saturated carbocycles. The molecule has 1 aliphatic rings. The first kappa shape index (κ1) is 10.6. The van der Waals surface area contributed by atoms with Gasteiger partial charge in [0.2, 0.25) is 0 Å². The van der Waals surface area contributed by atoms with Crippen molar-refractivity contribution < 1.29 is 0 Å². The molecule has 1 atom stereocenters. The van der Waals surface area contributed by atoms with Crippen LogP contribution in [-0.2, 0) is 5.54 Å². The van der Waals surface area contributed by atoms with Gasteiger partial charge < -0.3 is 22.9 Å². The van der Waals surface area contributed by atoms with Crippen molar-refractivity contribution in [2.45, 2.75) is 12.0 Å². The fourth-order valence-electron chi connectivity index (χ4n) is 1.81. The van der Waals surface area contributed by atoms with Gasteiger partial charge in [0.1, 0.15) is 0 Å². The summed E-state index contributed by atoms with van der Waals surface area (Å²) in [5, 5.41) is 0. The third-order valence-electron chi connectivity index (χ3n) is 2.85. The number of anilines is 1. The fraction of sp³-hybridized carbons (Fsp3) is 0.167. The topological polar surface area (TPSA) is 104 Å². The molecule has 0 bridgehead atoms. The Morgan fingerprint density at radius 1 is 0.938 bits per heavy atom. The van der Waals surface area contributed by atoms with E-state index in [4.69, 9.17) is 22.9 Å². The summed E-state index contributed by atoms with van der Waals surface area (Å²) in [7, 11) is 0. The van der Waals surface area contributed by atoms with E-state index in [1.807, 2.05) is 30.3 Å². The predicted molar refractivity (Wildman–Crippen MR) is 65.9 cm³/mol. The Balaban J connectivity index is 2.38. The Kier molecular flexibility index (Phi) is 2.36. The van der Waals surface area contributed by atoms with Gasteiger partial charge in [-0.15, -0.1) is 0 Å². The van der Waals surface area contributed by atoms with Crippen LogP contribution in [0.4, 0.5) is 5.69 Å². The van der Waals surface area contributed by atoms with Crippen LogP contribution in [0.1, 0.15) is 12.0 Å². The summed E-state index contributed by atoms with van der Waals surface area (Å²) in [5.41, 5.74) is 25.6. The Labute approximate surface area is 94.6 Å². The van der Waals surface area contributed by atoms with E-state index in [0.717, 1.165) is 11.3 Å². The first-order valence-electron chi connectivity index (χ1n) is 5.10. The molecule has 4 heteroatoms. The number of hydrogen-bond acceptors (Lipinski definition) is 4. The highest BCUT2D eigenvalue weighted by Gasteiger charge is 2.27. The zero-order valence-electron chi connectivity index (χ0n) is 8.98. The molecule has 16 heavy (non-hydrogen) atoms. The zero-order chi connectivity index (χ0) is 11.8. The Morgan fingerprint density at radius 2 is 1.56 bits per heavy atom. The zero-order valence-corrected chi connectivity index (χ0v) is 8.98. The molecular formula is C12H16N4. The predicted octanol–water partition coefficient (Wildman–Crippen LogP) is 0.512. The lowest BCUT2D eigenvalue weighted by Gasteiger charge is -2.29. The van der Waals surface area contributed by atoms with Crippen LogP contribution in [0.25, 0.3) is 0 Å². The van der Waals surface area contributed by atoms with Crippen molar-refractivity contribution in [3.05, 3.63) is 53.4 Å². The highest BCUT2D eigenvalue weighted by molar-refractivity contribution is 5.45. The molecule has 4 nitrogen and oxygen atoms in total. The third kappa shape index (κ3) is 1.75. The van der Waals surface area contributed by atoms with Crippen LogP contribution in [0.2, 0.25) is 0 Å². The number of benzene rings is 1. The van der Waals surface area contributed by atoms with E-state index >= 15 is 0 Å². The minimum absolute atomic E-state index is 0.533. The summed E-state index contributed by atoms with van der Waals surface area (Å²) in [6.45, 7) is 0. The van der Waals surface area contributed by atoms with E-state index in [0.29, 0.717) is 17.8 Å². The normalized spacial score (nSPS) is 24.8. The van der Waals surface area contributed by atoms with Gasteiger partial charge in [-0.05, 0) is 30.2 Å². The number of nitrogen functional groups attached to an aromatic ring is 1. The summed E-state index contributed by atoms with van der Waals surface area (Å²) in [6, 6.07) is 7.48. The minimum atomic E-state index is -0.583. The maximum absolute atomic E-state index is 6.29. The highest BCUT2D eigenvalue weighted by atomic mass is 14.8. The second-order valence-electron chi connectivity index (χ2n) is 4.13. The summed E-state index contributed by atoms with van der Waals surface area (Å²) in [6.07, 6.45) is 4.29. The van der Waals surface area contributed by atoms with Gasteiger partial charge in [0.05, 0.1) is 16.9 Å². The summed E-state index contributed by atoms with van der Waals surface area (Å²) >= 11 is 0. The summed E-state index contributed by atoms with van der Waals surface area (Å²) < 4.78 is 0. The average molecular weight is 216 g/mol. The van der Waals surface area contributed by atoms with Gasteiger partial charge >= 0.3 is 0 Å². The lowest BCUT2D eigenvalue weighted by molar-refractivity contribution is 0.556. The van der Waals surface area contributed by atoms with Gasteiger partial charge in [-0.1, -0.05) is 18.2 Å². The standard InChI is InChI=1S/C12H16N4/c13-9-3-1-8(2-4-9)12(16)6-5-10(14)11(15)7-12/h1-5,7H,6,13-16H2. The molecule has 0 fully saturated rings. The van der Waals surface area contributed by atoms with Gasteiger partial charge in [-0.25, -0.2) is 0 Å². The SMILES string of the molecule is NC1=CCC(N)(c2ccc(N)cc2)C=C1N. The lowest BCUT2D eigenvalue weighted by atomic mass is 9.83. The minimum Gasteiger partial charge on any atom is -0.399 e. The Hall–Kier alpha value is -1.94. The number of hydrogen-bond donors (Lipinski definition) is 4. The van der Waals surface area contributed by atoms with Crippen LogP contribution in [0.3, 0.4) is 0 Å². The molecule has 0 radical (unpaired) electrons. The summed E-state index contributed by atoms with van der Waals surface area (Å²) in [4.78, 5) is 0. The fourth-order valence-corrected chi connectivity index (χ4v) is 1.81. The van der Waals surface area contributed by atoms with Crippen molar-refractivity contribution in [2.24, 2.45) is 17.2 Å². The highest BCUT2D eigenvalue weighted by Crippen LogP contribution is 2.29. The molecular weight excluding hydrogens is 200 g/mol. The van der Waals surface area contributed by atoms with E-state index < -0.39 is 5.54 Å². The molecule has 8 N–H and O–H groups in total. The molecule has 0 aromatic heterocycles. The lowest BCUT2D eigenvalue weighted by Crippen LogP contribution is -2.37. The number of rotatable bonds is 1. The van der Waals surface area contributed by atoms with E-state index in [1.54, 1.807) is 6.08 Å². The molecule has 1 aromatic carbocycles. The molecule has 1 unspecified atom stereocenters. The molecule has 84 valence electrons. The Bertz CT molecular complexity index is 458. The van der Waals surface area contributed by atoms with Crippen LogP contribution >= 0.6 is 0 Å². The molecule has 2 rings (SSSR count). The van der Waals surface area contributed by atoms with Crippen molar-refractivity contribution in [3.8, 4) is 0 Å². The first-order valence-corrected chi connectivity index (χ1v) is 5.10. The van der Waals surface area contributed by atoms with Crippen molar-refractivity contribution in [2.75, 3.05) is 5.73 Å². The second kappa shape index (κ2) is 3.57. The molecule has 0 spiro atoms. The van der Waals surface area contributed by atoms with Crippen molar-refractivity contribution >= 4 is 5.69 Å². The largest absolute Gasteiger partial charge is 0.399 e. The van der Waals surface area contributed by atoms with Gasteiger partial charge in [0.15, 0.2) is 0 Å². The first-order chi connectivity index (χ1) is 7.51. The van der Waals surface area contributed by atoms with Gasteiger partial charge in [-0.2, -0.15) is 0 Å². The molecule has 1 aromatic rings. The van der Waals surface area contributed by atoms with Crippen molar-refractivity contribution in [1.29, 1.82) is 0 Å². The Morgan fingerprint density at radius 3 is 2.12 bits per heavy atom. The molecule has 0 amide bonds. The third-order valence-corrected chi connectivity index (χ3v) is 2.85. The maximum atomic E-state index is 6.29. The number of nitrogens with two attached hydrogens (primary N) is 4. The monoisotopic (exact) mass is 216 g/mol. The second-order valence-corrected chi connectivity index (χ2v) is 4.13. The summed E-state index contributed by atoms with van der Waals surface area (Å²) in [5.74, 6) is 0. The van der Waals surface area contributed by atoms with Gasteiger partial charge in [0, 0.05) is 5.69 Å². The van der Waals surface area contributed by atoms with E-state index in [2.05, 4.69) is 0 Å². The van der Waals surface area contributed by atoms with Crippen LogP contribution in [-0.4, -0.2) is 0 Å². The van der Waals surface area contributed by atoms with Crippen LogP contribution < -0.4 is 22.9 Å².